The molecule has 1 N–H and O–H groups in total. The summed E-state index contributed by atoms with van der Waals surface area (Å²) in [4.78, 5) is 16.3. The Morgan fingerprint density at radius 2 is 2.03 bits per heavy atom. The van der Waals surface area contributed by atoms with Crippen LogP contribution in [0.1, 0.15) is 27.1 Å². The van der Waals surface area contributed by atoms with E-state index in [-0.39, 0.29) is 12.5 Å². The van der Waals surface area contributed by atoms with Crippen molar-refractivity contribution in [1.29, 1.82) is 0 Å². The van der Waals surface area contributed by atoms with Gasteiger partial charge in [-0.2, -0.15) is 5.10 Å². The normalized spacial score (nSPS) is 14.3. The van der Waals surface area contributed by atoms with Crippen molar-refractivity contribution in [3.05, 3.63) is 77.4 Å². The van der Waals surface area contributed by atoms with Crippen LogP contribution < -0.4 is 10.2 Å². The minimum absolute atomic E-state index is 0.0850. The number of hydrogen-bond acceptors (Lipinski definition) is 6. The van der Waals surface area contributed by atoms with E-state index in [4.69, 9.17) is 4.74 Å². The first-order valence-corrected chi connectivity index (χ1v) is 12.1. The Balaban J connectivity index is 1.30. The summed E-state index contributed by atoms with van der Waals surface area (Å²) in [6.45, 7) is 3.95. The Morgan fingerprint density at radius 3 is 2.74 bits per heavy atom. The second-order valence-corrected chi connectivity index (χ2v) is 9.82. The highest BCUT2D eigenvalue weighted by Gasteiger charge is 2.18. The van der Waals surface area contributed by atoms with Gasteiger partial charge in [0, 0.05) is 34.7 Å². The van der Waals surface area contributed by atoms with Gasteiger partial charge in [-0.15, -0.1) is 23.5 Å². The zero-order valence-electron chi connectivity index (χ0n) is 17.4. The summed E-state index contributed by atoms with van der Waals surface area (Å²) >= 11 is 3.93. The molecule has 1 saturated heterocycles. The molecule has 8 heteroatoms. The molecule has 0 saturated carbocycles. The Kier molecular flexibility index (Phi) is 6.99. The summed E-state index contributed by atoms with van der Waals surface area (Å²) in [5, 5.41) is 4.09. The van der Waals surface area contributed by atoms with Crippen LogP contribution in [-0.2, 0) is 4.79 Å². The van der Waals surface area contributed by atoms with E-state index < -0.39 is 0 Å². The number of nitrogens with zero attached hydrogens (tertiary/aromatic N) is 3. The first-order chi connectivity index (χ1) is 15.1. The maximum atomic E-state index is 12.1. The van der Waals surface area contributed by atoms with Crippen LogP contribution in [0.3, 0.4) is 0 Å². The molecule has 0 bridgehead atoms. The fraction of sp³-hybridized carbons (Fsp3) is 0.261. The molecule has 0 atom stereocenters. The van der Waals surface area contributed by atoms with Gasteiger partial charge in [0.2, 0.25) is 0 Å². The zero-order chi connectivity index (χ0) is 21.6. The SMILES string of the molecule is Cc1cc(/C=N\NC(=O)COc2ccc(C3SCCS3)cc2)c(C)n1-c1cccnc1. The van der Waals surface area contributed by atoms with Crippen molar-refractivity contribution in [3.63, 3.8) is 0 Å². The number of nitrogens with one attached hydrogen (secondary N) is 1. The van der Waals surface area contributed by atoms with Crippen molar-refractivity contribution in [2.45, 2.75) is 18.4 Å². The van der Waals surface area contributed by atoms with Crippen molar-refractivity contribution >= 4 is 35.6 Å². The van der Waals surface area contributed by atoms with Gasteiger partial charge in [0.15, 0.2) is 6.61 Å². The molecule has 3 heterocycles. The maximum Gasteiger partial charge on any atom is 0.277 e. The Labute approximate surface area is 190 Å². The second kappa shape index (κ2) is 10.1. The number of thioether (sulfide) groups is 2. The van der Waals surface area contributed by atoms with E-state index in [0.29, 0.717) is 10.3 Å². The molecule has 1 aliphatic heterocycles. The van der Waals surface area contributed by atoms with E-state index in [1.807, 2.05) is 73.9 Å². The summed E-state index contributed by atoms with van der Waals surface area (Å²) in [5.74, 6) is 2.77. The molecule has 0 unspecified atom stereocenters. The van der Waals surface area contributed by atoms with Crippen molar-refractivity contribution in [2.24, 2.45) is 5.10 Å². The minimum Gasteiger partial charge on any atom is -0.484 e. The van der Waals surface area contributed by atoms with E-state index in [1.54, 1.807) is 12.4 Å². The molecule has 1 aromatic carbocycles. The summed E-state index contributed by atoms with van der Waals surface area (Å²) in [5.41, 5.74) is 7.84. The summed E-state index contributed by atoms with van der Waals surface area (Å²) < 4.78 is 8.19. The number of amides is 1. The van der Waals surface area contributed by atoms with E-state index >= 15 is 0 Å². The Hall–Kier alpha value is -2.71. The number of carbonyl (C=O) groups excluding carboxylic acids is 1. The van der Waals surface area contributed by atoms with Crippen molar-refractivity contribution in [2.75, 3.05) is 18.1 Å². The molecule has 1 aliphatic rings. The van der Waals surface area contributed by atoms with Gasteiger partial charge in [0.1, 0.15) is 5.75 Å². The van der Waals surface area contributed by atoms with Crippen molar-refractivity contribution < 1.29 is 9.53 Å². The minimum atomic E-state index is -0.303. The number of carbonyl (C=O) groups is 1. The van der Waals surface area contributed by atoms with Gasteiger partial charge in [0.25, 0.3) is 5.91 Å². The lowest BCUT2D eigenvalue weighted by atomic mass is 10.2. The largest absolute Gasteiger partial charge is 0.484 e. The highest BCUT2D eigenvalue weighted by atomic mass is 32.2. The molecular formula is C23H24N4O2S2. The van der Waals surface area contributed by atoms with Gasteiger partial charge in [-0.25, -0.2) is 5.43 Å². The molecule has 160 valence electrons. The smallest absolute Gasteiger partial charge is 0.277 e. The Morgan fingerprint density at radius 1 is 1.26 bits per heavy atom. The van der Waals surface area contributed by atoms with Crippen LogP contribution in [0.15, 0.2) is 60.0 Å². The van der Waals surface area contributed by atoms with Crippen LogP contribution >= 0.6 is 23.5 Å². The molecule has 3 aromatic rings. The highest BCUT2D eigenvalue weighted by Crippen LogP contribution is 2.45. The van der Waals surface area contributed by atoms with Gasteiger partial charge in [0.05, 0.1) is 22.7 Å². The molecule has 31 heavy (non-hydrogen) atoms. The average Bonchev–Trinajstić information content (AvgIpc) is 3.42. The standard InChI is InChI=1S/C23H24N4O2S2/c1-16-12-19(17(2)27(16)20-4-3-9-24-14-20)13-25-26-22(28)15-29-21-7-5-18(6-8-21)23-30-10-11-31-23/h3-9,12-14,23H,10-11,15H2,1-2H3,(H,26,28)/b25-13-. The topological polar surface area (TPSA) is 68.5 Å². The number of rotatable bonds is 7. The second-order valence-electron chi connectivity index (χ2n) is 7.10. The molecule has 1 amide bonds. The number of benzene rings is 1. The predicted octanol–water partition coefficient (Wildman–Crippen LogP) is 4.50. The average molecular weight is 453 g/mol. The van der Waals surface area contributed by atoms with Crippen molar-refractivity contribution in [1.82, 2.24) is 15.0 Å². The summed E-state index contributed by atoms with van der Waals surface area (Å²) in [6, 6.07) is 13.9. The van der Waals surface area contributed by atoms with Gasteiger partial charge in [-0.05, 0) is 49.7 Å². The van der Waals surface area contributed by atoms with E-state index in [9.17, 15) is 4.79 Å². The number of pyridine rings is 1. The third-order valence-electron chi connectivity index (χ3n) is 4.91. The third kappa shape index (κ3) is 5.32. The lowest BCUT2D eigenvalue weighted by Crippen LogP contribution is -2.24. The monoisotopic (exact) mass is 452 g/mol. The summed E-state index contributed by atoms with van der Waals surface area (Å²) in [6.07, 6.45) is 5.22. The highest BCUT2D eigenvalue weighted by molar-refractivity contribution is 8.19. The van der Waals surface area contributed by atoms with Crippen molar-refractivity contribution in [3.8, 4) is 11.4 Å². The molecule has 6 nitrogen and oxygen atoms in total. The number of ether oxygens (including phenoxy) is 1. The quantitative estimate of drug-likeness (QED) is 0.422. The molecule has 4 rings (SSSR count). The number of aryl methyl sites for hydroxylation is 1. The first-order valence-electron chi connectivity index (χ1n) is 9.99. The molecule has 0 radical (unpaired) electrons. The maximum absolute atomic E-state index is 12.1. The fourth-order valence-electron chi connectivity index (χ4n) is 3.43. The zero-order valence-corrected chi connectivity index (χ0v) is 19.1. The lowest BCUT2D eigenvalue weighted by molar-refractivity contribution is -0.123. The van der Waals surface area contributed by atoms with E-state index in [0.717, 1.165) is 22.6 Å². The van der Waals surface area contributed by atoms with Crippen LogP contribution in [0.5, 0.6) is 5.75 Å². The molecule has 0 spiro atoms. The number of aromatic nitrogens is 2. The molecule has 1 fully saturated rings. The van der Waals surface area contributed by atoms with Crippen LogP contribution in [-0.4, -0.2) is 39.8 Å². The van der Waals surface area contributed by atoms with E-state index in [2.05, 4.69) is 32.2 Å². The first kappa shape index (κ1) is 21.5. The third-order valence-corrected chi connectivity index (χ3v) is 8.02. The molecule has 2 aromatic heterocycles. The molecule has 0 aliphatic carbocycles. The van der Waals surface area contributed by atoms with Crippen LogP contribution in [0.4, 0.5) is 0 Å². The fourth-order valence-corrected chi connectivity index (χ4v) is 6.29. The summed E-state index contributed by atoms with van der Waals surface area (Å²) in [7, 11) is 0. The van der Waals surface area contributed by atoms with E-state index in [1.165, 1.54) is 17.1 Å². The molecular weight excluding hydrogens is 428 g/mol. The lowest BCUT2D eigenvalue weighted by Gasteiger charge is -2.10. The van der Waals surface area contributed by atoms with Crippen LogP contribution in [0.25, 0.3) is 5.69 Å². The van der Waals surface area contributed by atoms with Gasteiger partial charge < -0.3 is 9.30 Å². The number of hydrazone groups is 1. The van der Waals surface area contributed by atoms with Gasteiger partial charge in [-0.1, -0.05) is 12.1 Å². The Bertz CT molecular complexity index is 1060. The predicted molar refractivity (Wildman–Crippen MR) is 128 cm³/mol. The van der Waals surface area contributed by atoms with Crippen LogP contribution in [0.2, 0.25) is 0 Å². The van der Waals surface area contributed by atoms with Gasteiger partial charge >= 0.3 is 0 Å². The van der Waals surface area contributed by atoms with Gasteiger partial charge in [-0.3, -0.25) is 9.78 Å². The van der Waals surface area contributed by atoms with Crippen LogP contribution in [0, 0.1) is 13.8 Å². The number of hydrogen-bond donors (Lipinski definition) is 1.